The monoisotopic (exact) mass is 289 g/mol. The van der Waals surface area contributed by atoms with Crippen LogP contribution in [-0.4, -0.2) is 26.5 Å². The van der Waals surface area contributed by atoms with Crippen LogP contribution in [0.2, 0.25) is 0 Å². The van der Waals surface area contributed by atoms with E-state index in [1.54, 1.807) is 18.5 Å². The highest BCUT2D eigenvalue weighted by atomic mass is 16.5. The van der Waals surface area contributed by atoms with Crippen molar-refractivity contribution in [3.05, 3.63) is 35.7 Å². The average molecular weight is 289 g/mol. The number of ether oxygens (including phenoxy) is 1. The van der Waals surface area contributed by atoms with Crippen LogP contribution in [0.25, 0.3) is 0 Å². The Bertz CT molecular complexity index is 573. The van der Waals surface area contributed by atoms with Gasteiger partial charge in [0.05, 0.1) is 24.1 Å². The normalized spacial score (nSPS) is 10.4. The summed E-state index contributed by atoms with van der Waals surface area (Å²) in [4.78, 5) is 17.0. The average Bonchev–Trinajstić information content (AvgIpc) is 2.52. The number of nitrogen functional groups attached to an aromatic ring is 1. The highest BCUT2D eigenvalue weighted by molar-refractivity contribution is 5.46. The predicted molar refractivity (Wildman–Crippen MR) is 79.3 cm³/mol. The third-order valence-electron chi connectivity index (χ3n) is 2.64. The van der Waals surface area contributed by atoms with Gasteiger partial charge in [0.2, 0.25) is 0 Å². The fourth-order valence-corrected chi connectivity index (χ4v) is 1.61. The summed E-state index contributed by atoms with van der Waals surface area (Å²) in [7, 11) is 0. The molecule has 0 atom stereocenters. The van der Waals surface area contributed by atoms with E-state index in [9.17, 15) is 0 Å². The van der Waals surface area contributed by atoms with Crippen LogP contribution in [0.15, 0.2) is 18.5 Å². The van der Waals surface area contributed by atoms with Crippen LogP contribution >= 0.6 is 0 Å². The lowest BCUT2D eigenvalue weighted by Crippen LogP contribution is -2.13. The summed E-state index contributed by atoms with van der Waals surface area (Å²) in [5.74, 6) is 7.14. The number of aryl methyl sites for hydroxylation is 1. The molecule has 0 unspecified atom stereocenters. The smallest absolute Gasteiger partial charge is 0.158 e. The van der Waals surface area contributed by atoms with Gasteiger partial charge in [0.1, 0.15) is 18.2 Å². The lowest BCUT2D eigenvalue weighted by atomic mass is 10.4. The minimum absolute atomic E-state index is 0.338. The van der Waals surface area contributed by atoms with Crippen molar-refractivity contribution in [2.24, 2.45) is 5.84 Å². The predicted octanol–water partition coefficient (Wildman–Crippen LogP) is 1.01. The fraction of sp³-hybridized carbons (Fsp3) is 0.385. The topological polar surface area (TPSA) is 111 Å². The quantitative estimate of drug-likeness (QED) is 0.511. The van der Waals surface area contributed by atoms with Gasteiger partial charge in [0.25, 0.3) is 0 Å². The number of nitrogens with one attached hydrogen (secondary N) is 2. The van der Waals surface area contributed by atoms with Gasteiger partial charge in [0, 0.05) is 18.9 Å². The number of hydrogen-bond acceptors (Lipinski definition) is 8. The van der Waals surface area contributed by atoms with E-state index in [-0.39, 0.29) is 0 Å². The minimum Gasteiger partial charge on any atom is -0.374 e. The standard InChI is InChI=1S/C13H19N7O/c1-3-21-8-13-18-11(4-12(19-13)20-14)17-7-10-6-15-9(2)5-16-10/h4-6H,3,7-8,14H2,1-2H3,(H2,17,18,19,20). The molecule has 8 heteroatoms. The second-order valence-corrected chi connectivity index (χ2v) is 4.34. The van der Waals surface area contributed by atoms with Crippen LogP contribution in [0, 0.1) is 6.92 Å². The molecule has 0 bridgehead atoms. The number of hydrazine groups is 1. The molecule has 0 fully saturated rings. The zero-order valence-electron chi connectivity index (χ0n) is 12.1. The Kier molecular flexibility index (Phi) is 5.35. The van der Waals surface area contributed by atoms with Crippen LogP contribution < -0.4 is 16.6 Å². The molecule has 0 aliphatic carbocycles. The first-order chi connectivity index (χ1) is 10.2. The van der Waals surface area contributed by atoms with Gasteiger partial charge >= 0.3 is 0 Å². The highest BCUT2D eigenvalue weighted by Crippen LogP contribution is 2.12. The maximum atomic E-state index is 5.41. The van der Waals surface area contributed by atoms with E-state index >= 15 is 0 Å². The van der Waals surface area contributed by atoms with Gasteiger partial charge in [-0.25, -0.2) is 15.8 Å². The summed E-state index contributed by atoms with van der Waals surface area (Å²) in [6, 6.07) is 1.72. The summed E-state index contributed by atoms with van der Waals surface area (Å²) in [6.45, 7) is 5.27. The summed E-state index contributed by atoms with van der Waals surface area (Å²) in [6.07, 6.45) is 3.46. The summed E-state index contributed by atoms with van der Waals surface area (Å²) < 4.78 is 5.31. The lowest BCUT2D eigenvalue weighted by molar-refractivity contribution is 0.128. The molecule has 2 rings (SSSR count). The largest absolute Gasteiger partial charge is 0.374 e. The number of nitrogens with two attached hydrogens (primary N) is 1. The highest BCUT2D eigenvalue weighted by Gasteiger charge is 2.05. The van der Waals surface area contributed by atoms with E-state index in [2.05, 4.69) is 30.7 Å². The van der Waals surface area contributed by atoms with Crippen molar-refractivity contribution in [2.45, 2.75) is 27.0 Å². The van der Waals surface area contributed by atoms with Crippen molar-refractivity contribution in [1.29, 1.82) is 0 Å². The molecule has 0 spiro atoms. The van der Waals surface area contributed by atoms with Crippen molar-refractivity contribution in [2.75, 3.05) is 17.3 Å². The second-order valence-electron chi connectivity index (χ2n) is 4.34. The third-order valence-corrected chi connectivity index (χ3v) is 2.64. The Balaban J connectivity index is 2.05. The number of aromatic nitrogens is 4. The van der Waals surface area contributed by atoms with E-state index < -0.39 is 0 Å². The zero-order valence-corrected chi connectivity index (χ0v) is 12.1. The molecule has 4 N–H and O–H groups in total. The minimum atomic E-state index is 0.338. The molecule has 0 saturated heterocycles. The number of hydrogen-bond donors (Lipinski definition) is 3. The fourth-order valence-electron chi connectivity index (χ4n) is 1.61. The molecule has 0 radical (unpaired) electrons. The molecular weight excluding hydrogens is 270 g/mol. The van der Waals surface area contributed by atoms with Gasteiger partial charge in [0.15, 0.2) is 5.82 Å². The Morgan fingerprint density at radius 3 is 2.67 bits per heavy atom. The molecule has 0 aliphatic rings. The Morgan fingerprint density at radius 2 is 2.00 bits per heavy atom. The Labute approximate surface area is 123 Å². The molecular formula is C13H19N7O. The number of anilines is 2. The lowest BCUT2D eigenvalue weighted by Gasteiger charge is -2.09. The summed E-state index contributed by atoms with van der Waals surface area (Å²) in [5.41, 5.74) is 4.23. The van der Waals surface area contributed by atoms with Gasteiger partial charge in [-0.15, -0.1) is 0 Å². The molecule has 21 heavy (non-hydrogen) atoms. The molecule has 112 valence electrons. The Morgan fingerprint density at radius 1 is 1.19 bits per heavy atom. The first kappa shape index (κ1) is 15.1. The van der Waals surface area contributed by atoms with Crippen molar-refractivity contribution < 1.29 is 4.74 Å². The molecule has 2 heterocycles. The first-order valence-corrected chi connectivity index (χ1v) is 6.65. The maximum Gasteiger partial charge on any atom is 0.158 e. The maximum absolute atomic E-state index is 5.41. The van der Waals surface area contributed by atoms with Gasteiger partial charge in [-0.2, -0.15) is 0 Å². The molecule has 2 aromatic heterocycles. The number of nitrogens with zero attached hydrogens (tertiary/aromatic N) is 4. The zero-order chi connectivity index (χ0) is 15.1. The Hall–Kier alpha value is -2.32. The molecule has 8 nitrogen and oxygen atoms in total. The van der Waals surface area contributed by atoms with Crippen LogP contribution in [-0.2, 0) is 17.9 Å². The molecule has 2 aromatic rings. The van der Waals surface area contributed by atoms with Gasteiger partial charge in [-0.05, 0) is 13.8 Å². The molecule has 0 aromatic carbocycles. The van der Waals surface area contributed by atoms with Crippen molar-refractivity contribution in [3.63, 3.8) is 0 Å². The van der Waals surface area contributed by atoms with Crippen molar-refractivity contribution >= 4 is 11.6 Å². The molecule has 0 aliphatic heterocycles. The van der Waals surface area contributed by atoms with Gasteiger partial charge < -0.3 is 15.5 Å². The second kappa shape index (κ2) is 7.46. The van der Waals surface area contributed by atoms with Gasteiger partial charge in [-0.1, -0.05) is 0 Å². The summed E-state index contributed by atoms with van der Waals surface area (Å²) >= 11 is 0. The van der Waals surface area contributed by atoms with Crippen molar-refractivity contribution in [3.8, 4) is 0 Å². The van der Waals surface area contributed by atoms with Crippen LogP contribution in [0.4, 0.5) is 11.6 Å². The SMILES string of the molecule is CCOCc1nc(NN)cc(NCc2cnc(C)cn2)n1. The first-order valence-electron chi connectivity index (χ1n) is 6.65. The van der Waals surface area contributed by atoms with E-state index in [1.807, 2.05) is 13.8 Å². The van der Waals surface area contributed by atoms with Crippen LogP contribution in [0.3, 0.4) is 0 Å². The van der Waals surface area contributed by atoms with Crippen molar-refractivity contribution in [1.82, 2.24) is 19.9 Å². The summed E-state index contributed by atoms with van der Waals surface area (Å²) in [5, 5.41) is 3.17. The van der Waals surface area contributed by atoms with Gasteiger partial charge in [-0.3, -0.25) is 9.97 Å². The van der Waals surface area contributed by atoms with E-state index in [4.69, 9.17) is 10.6 Å². The van der Waals surface area contributed by atoms with Crippen LogP contribution in [0.1, 0.15) is 24.1 Å². The van der Waals surface area contributed by atoms with Crippen LogP contribution in [0.5, 0.6) is 0 Å². The number of rotatable bonds is 7. The van der Waals surface area contributed by atoms with E-state index in [1.165, 1.54) is 0 Å². The molecule has 0 saturated carbocycles. The van der Waals surface area contributed by atoms with E-state index in [0.717, 1.165) is 11.4 Å². The van der Waals surface area contributed by atoms with E-state index in [0.29, 0.717) is 37.2 Å². The molecule has 0 amide bonds. The third kappa shape index (κ3) is 4.62.